The molecule has 10 heteroatoms. The maximum absolute atomic E-state index is 12.8. The number of benzene rings is 1. The summed E-state index contributed by atoms with van der Waals surface area (Å²) in [5.74, 6) is 0.102. The van der Waals surface area contributed by atoms with Gasteiger partial charge >= 0.3 is 11.8 Å². The molecule has 9 nitrogen and oxygen atoms in total. The predicted octanol–water partition coefficient (Wildman–Crippen LogP) is 1.92. The molecule has 1 aromatic carbocycles. The molecule has 1 fully saturated rings. The SMILES string of the molecule is COCCCNC(=O)c1nnc(-c2ccc(S(=O)(=O)N3CCC(C)CC3)cc2)o1. The van der Waals surface area contributed by atoms with Crippen molar-refractivity contribution in [1.82, 2.24) is 19.8 Å². The smallest absolute Gasteiger partial charge is 0.308 e. The van der Waals surface area contributed by atoms with Gasteiger partial charge in [-0.15, -0.1) is 10.2 Å². The first-order valence-corrected chi connectivity index (χ1v) is 11.1. The van der Waals surface area contributed by atoms with Crippen LogP contribution in [0, 0.1) is 5.92 Å². The molecule has 2 heterocycles. The summed E-state index contributed by atoms with van der Waals surface area (Å²) in [5, 5.41) is 10.3. The van der Waals surface area contributed by atoms with Gasteiger partial charge in [0.05, 0.1) is 4.90 Å². The van der Waals surface area contributed by atoms with Crippen LogP contribution in [0.2, 0.25) is 0 Å². The summed E-state index contributed by atoms with van der Waals surface area (Å²) in [5.41, 5.74) is 0.544. The summed E-state index contributed by atoms with van der Waals surface area (Å²) < 4.78 is 37.5. The summed E-state index contributed by atoms with van der Waals surface area (Å²) in [4.78, 5) is 12.2. The number of piperidine rings is 1. The van der Waals surface area contributed by atoms with E-state index in [2.05, 4.69) is 22.4 Å². The molecule has 1 saturated heterocycles. The van der Waals surface area contributed by atoms with Gasteiger partial charge in [0.1, 0.15) is 0 Å². The maximum Gasteiger partial charge on any atom is 0.308 e. The Labute approximate surface area is 170 Å². The third kappa shape index (κ3) is 5.20. The van der Waals surface area contributed by atoms with Gasteiger partial charge in [-0.2, -0.15) is 4.31 Å². The fourth-order valence-electron chi connectivity index (χ4n) is 3.07. The Morgan fingerprint density at radius 1 is 1.24 bits per heavy atom. The standard InChI is InChI=1S/C19H26N4O5S/c1-14-8-11-23(12-9-14)29(25,26)16-6-4-15(5-7-16)18-21-22-19(28-18)17(24)20-10-3-13-27-2/h4-7,14H,3,8-13H2,1-2H3,(H,20,24). The van der Waals surface area contributed by atoms with Gasteiger partial charge in [0.25, 0.3) is 0 Å². The summed E-state index contributed by atoms with van der Waals surface area (Å²) >= 11 is 0. The zero-order valence-electron chi connectivity index (χ0n) is 16.6. The van der Waals surface area contributed by atoms with E-state index in [4.69, 9.17) is 9.15 Å². The quantitative estimate of drug-likeness (QED) is 0.646. The first-order valence-electron chi connectivity index (χ1n) is 9.63. The van der Waals surface area contributed by atoms with Crippen LogP contribution >= 0.6 is 0 Å². The third-order valence-electron chi connectivity index (χ3n) is 4.91. The molecule has 158 valence electrons. The lowest BCUT2D eigenvalue weighted by Gasteiger charge is -2.29. The number of amides is 1. The number of carbonyl (C=O) groups excluding carboxylic acids is 1. The first-order chi connectivity index (χ1) is 13.9. The van der Waals surface area contributed by atoms with E-state index in [0.717, 1.165) is 12.8 Å². The number of hydrogen-bond acceptors (Lipinski definition) is 7. The van der Waals surface area contributed by atoms with Crippen LogP contribution in [-0.2, 0) is 14.8 Å². The summed E-state index contributed by atoms with van der Waals surface area (Å²) in [7, 11) is -1.92. The largest absolute Gasteiger partial charge is 0.412 e. The van der Waals surface area contributed by atoms with Crippen molar-refractivity contribution in [1.29, 1.82) is 0 Å². The predicted molar refractivity (Wildman–Crippen MR) is 106 cm³/mol. The molecule has 1 amide bonds. The third-order valence-corrected chi connectivity index (χ3v) is 6.82. The second kappa shape index (κ2) is 9.47. The average Bonchev–Trinajstić information content (AvgIpc) is 3.22. The molecule has 3 rings (SSSR count). The van der Waals surface area contributed by atoms with Crippen molar-refractivity contribution in [2.24, 2.45) is 5.92 Å². The molecule has 0 spiro atoms. The molecule has 0 atom stereocenters. The number of nitrogens with zero attached hydrogens (tertiary/aromatic N) is 3. The molecular weight excluding hydrogens is 396 g/mol. The molecule has 1 aliphatic rings. The zero-order valence-corrected chi connectivity index (χ0v) is 17.4. The van der Waals surface area contributed by atoms with E-state index in [0.29, 0.717) is 44.1 Å². The van der Waals surface area contributed by atoms with Crippen molar-refractivity contribution in [2.75, 3.05) is 33.4 Å². The van der Waals surface area contributed by atoms with Crippen molar-refractivity contribution in [3.05, 3.63) is 30.2 Å². The van der Waals surface area contributed by atoms with E-state index in [1.54, 1.807) is 19.2 Å². The first kappa shape index (κ1) is 21.4. The monoisotopic (exact) mass is 422 g/mol. The average molecular weight is 423 g/mol. The van der Waals surface area contributed by atoms with E-state index in [1.165, 1.54) is 16.4 Å². The Balaban J connectivity index is 1.66. The molecule has 1 aliphatic heterocycles. The van der Waals surface area contributed by atoms with Gasteiger partial charge in [0.2, 0.25) is 15.9 Å². The van der Waals surface area contributed by atoms with Gasteiger partial charge in [-0.25, -0.2) is 8.42 Å². The highest BCUT2D eigenvalue weighted by Crippen LogP contribution is 2.25. The molecule has 29 heavy (non-hydrogen) atoms. The molecule has 2 aromatic rings. The minimum Gasteiger partial charge on any atom is -0.412 e. The van der Waals surface area contributed by atoms with Crippen molar-refractivity contribution in [2.45, 2.75) is 31.1 Å². The van der Waals surface area contributed by atoms with E-state index >= 15 is 0 Å². The second-order valence-electron chi connectivity index (χ2n) is 7.13. The number of carbonyl (C=O) groups is 1. The highest BCUT2D eigenvalue weighted by Gasteiger charge is 2.28. The topological polar surface area (TPSA) is 115 Å². The van der Waals surface area contributed by atoms with Crippen LogP contribution in [0.3, 0.4) is 0 Å². The van der Waals surface area contributed by atoms with Crippen molar-refractivity contribution in [3.8, 4) is 11.5 Å². The summed E-state index contributed by atoms with van der Waals surface area (Å²) in [6, 6.07) is 6.26. The Kier molecular flexibility index (Phi) is 6.99. The lowest BCUT2D eigenvalue weighted by atomic mass is 10.0. The van der Waals surface area contributed by atoms with Gasteiger partial charge in [-0.05, 0) is 49.4 Å². The molecule has 0 saturated carbocycles. The summed E-state index contributed by atoms with van der Waals surface area (Å²) in [6.45, 7) is 4.19. The van der Waals surface area contributed by atoms with E-state index < -0.39 is 15.9 Å². The normalized spacial score (nSPS) is 16.1. The number of sulfonamides is 1. The summed E-state index contributed by atoms with van der Waals surface area (Å²) in [6.07, 6.45) is 2.42. The van der Waals surface area contributed by atoms with Gasteiger partial charge in [-0.1, -0.05) is 6.92 Å². The lowest BCUT2D eigenvalue weighted by molar-refractivity contribution is 0.0914. The fourth-order valence-corrected chi connectivity index (χ4v) is 4.54. The molecular formula is C19H26N4O5S. The van der Waals surface area contributed by atoms with E-state index in [9.17, 15) is 13.2 Å². The van der Waals surface area contributed by atoms with Gasteiger partial charge in [0, 0.05) is 38.9 Å². The van der Waals surface area contributed by atoms with Crippen molar-refractivity contribution >= 4 is 15.9 Å². The van der Waals surface area contributed by atoms with Crippen LogP contribution in [0.15, 0.2) is 33.6 Å². The lowest BCUT2D eigenvalue weighted by Crippen LogP contribution is -2.37. The highest BCUT2D eigenvalue weighted by atomic mass is 32.2. The van der Waals surface area contributed by atoms with Crippen LogP contribution in [0.1, 0.15) is 36.9 Å². The van der Waals surface area contributed by atoms with Crippen LogP contribution in [-0.4, -0.2) is 62.2 Å². The highest BCUT2D eigenvalue weighted by molar-refractivity contribution is 7.89. The van der Waals surface area contributed by atoms with Crippen LogP contribution in [0.5, 0.6) is 0 Å². The number of nitrogens with one attached hydrogen (secondary N) is 1. The fraction of sp³-hybridized carbons (Fsp3) is 0.526. The second-order valence-corrected chi connectivity index (χ2v) is 9.06. The van der Waals surface area contributed by atoms with Crippen LogP contribution < -0.4 is 5.32 Å². The molecule has 1 N–H and O–H groups in total. The Bertz CT molecular complexity index is 918. The molecule has 0 radical (unpaired) electrons. The van der Waals surface area contributed by atoms with E-state index in [-0.39, 0.29) is 16.7 Å². The minimum absolute atomic E-state index is 0.142. The van der Waals surface area contributed by atoms with Crippen LogP contribution in [0.25, 0.3) is 11.5 Å². The van der Waals surface area contributed by atoms with Crippen LogP contribution in [0.4, 0.5) is 0 Å². The zero-order chi connectivity index (χ0) is 20.9. The van der Waals surface area contributed by atoms with Gasteiger partial charge in [-0.3, -0.25) is 4.79 Å². The Morgan fingerprint density at radius 3 is 2.59 bits per heavy atom. The number of rotatable bonds is 8. The van der Waals surface area contributed by atoms with Crippen molar-refractivity contribution in [3.63, 3.8) is 0 Å². The molecule has 1 aromatic heterocycles. The number of ether oxygens (including phenoxy) is 1. The van der Waals surface area contributed by atoms with Gasteiger partial charge < -0.3 is 14.5 Å². The minimum atomic E-state index is -3.52. The number of aromatic nitrogens is 2. The number of hydrogen-bond donors (Lipinski definition) is 1. The maximum atomic E-state index is 12.8. The van der Waals surface area contributed by atoms with E-state index in [1.807, 2.05) is 0 Å². The molecule has 0 bridgehead atoms. The molecule has 0 unspecified atom stereocenters. The molecule has 0 aliphatic carbocycles. The Hall–Kier alpha value is -2.30. The number of methoxy groups -OCH3 is 1. The van der Waals surface area contributed by atoms with Crippen molar-refractivity contribution < 1.29 is 22.4 Å². The van der Waals surface area contributed by atoms with Gasteiger partial charge in [0.15, 0.2) is 0 Å². The Morgan fingerprint density at radius 2 is 1.93 bits per heavy atom.